The van der Waals surface area contributed by atoms with Crippen molar-refractivity contribution in [3.63, 3.8) is 0 Å². The summed E-state index contributed by atoms with van der Waals surface area (Å²) in [6.07, 6.45) is 2.95. The SMILES string of the molecule is NC(=O)c1cccc(CNC(=O)c2cn[nH]c2)c1. The highest BCUT2D eigenvalue weighted by Gasteiger charge is 2.06. The van der Waals surface area contributed by atoms with Crippen LogP contribution in [0, 0.1) is 0 Å². The van der Waals surface area contributed by atoms with E-state index in [1.807, 2.05) is 6.07 Å². The Morgan fingerprint density at radius 3 is 2.83 bits per heavy atom. The molecular weight excluding hydrogens is 232 g/mol. The molecule has 6 heteroatoms. The van der Waals surface area contributed by atoms with E-state index in [1.54, 1.807) is 18.2 Å². The minimum atomic E-state index is -0.488. The fourth-order valence-corrected chi connectivity index (χ4v) is 1.49. The molecule has 2 aromatic rings. The number of nitrogens with zero attached hydrogens (tertiary/aromatic N) is 1. The van der Waals surface area contributed by atoms with Gasteiger partial charge in [-0.15, -0.1) is 0 Å². The van der Waals surface area contributed by atoms with Crippen LogP contribution in [0.25, 0.3) is 0 Å². The maximum atomic E-state index is 11.6. The topological polar surface area (TPSA) is 101 Å². The van der Waals surface area contributed by atoms with Gasteiger partial charge >= 0.3 is 0 Å². The number of nitrogens with two attached hydrogens (primary N) is 1. The third-order valence-corrected chi connectivity index (χ3v) is 2.42. The Labute approximate surface area is 103 Å². The second kappa shape index (κ2) is 5.13. The summed E-state index contributed by atoms with van der Waals surface area (Å²) >= 11 is 0. The molecule has 1 heterocycles. The second-order valence-electron chi connectivity index (χ2n) is 3.73. The molecule has 0 saturated heterocycles. The third kappa shape index (κ3) is 2.73. The summed E-state index contributed by atoms with van der Waals surface area (Å²) in [6, 6.07) is 6.81. The monoisotopic (exact) mass is 244 g/mol. The number of aromatic nitrogens is 2. The molecule has 0 radical (unpaired) electrons. The lowest BCUT2D eigenvalue weighted by molar-refractivity contribution is 0.0950. The van der Waals surface area contributed by atoms with Crippen molar-refractivity contribution in [2.45, 2.75) is 6.54 Å². The highest BCUT2D eigenvalue weighted by Crippen LogP contribution is 2.05. The Morgan fingerprint density at radius 2 is 2.17 bits per heavy atom. The van der Waals surface area contributed by atoms with Crippen LogP contribution in [0.5, 0.6) is 0 Å². The van der Waals surface area contributed by atoms with E-state index >= 15 is 0 Å². The molecule has 0 fully saturated rings. The molecule has 0 bridgehead atoms. The number of H-pyrrole nitrogens is 1. The van der Waals surface area contributed by atoms with Gasteiger partial charge in [-0.2, -0.15) is 5.10 Å². The number of carbonyl (C=O) groups excluding carboxylic acids is 2. The first kappa shape index (κ1) is 11.8. The van der Waals surface area contributed by atoms with Gasteiger partial charge in [-0.25, -0.2) is 0 Å². The van der Waals surface area contributed by atoms with Gasteiger partial charge in [0.05, 0.1) is 11.8 Å². The lowest BCUT2D eigenvalue weighted by atomic mass is 10.1. The maximum Gasteiger partial charge on any atom is 0.254 e. The zero-order chi connectivity index (χ0) is 13.0. The van der Waals surface area contributed by atoms with Gasteiger partial charge in [0.1, 0.15) is 0 Å². The van der Waals surface area contributed by atoms with E-state index in [1.165, 1.54) is 12.4 Å². The molecule has 6 nitrogen and oxygen atoms in total. The normalized spacial score (nSPS) is 10.0. The van der Waals surface area contributed by atoms with E-state index in [-0.39, 0.29) is 5.91 Å². The molecule has 0 aliphatic carbocycles. The van der Waals surface area contributed by atoms with Crippen LogP contribution in [-0.4, -0.2) is 22.0 Å². The van der Waals surface area contributed by atoms with Gasteiger partial charge in [0, 0.05) is 18.3 Å². The zero-order valence-corrected chi connectivity index (χ0v) is 9.51. The predicted octanol–water partition coefficient (Wildman–Crippen LogP) is 0.439. The van der Waals surface area contributed by atoms with Crippen LogP contribution in [0.15, 0.2) is 36.7 Å². The second-order valence-corrected chi connectivity index (χ2v) is 3.73. The molecule has 1 aromatic heterocycles. The number of rotatable bonds is 4. The smallest absolute Gasteiger partial charge is 0.254 e. The summed E-state index contributed by atoms with van der Waals surface area (Å²) in [5, 5.41) is 8.97. The average Bonchev–Trinajstić information content (AvgIpc) is 2.90. The van der Waals surface area contributed by atoms with Crippen LogP contribution < -0.4 is 11.1 Å². The van der Waals surface area contributed by atoms with Crippen molar-refractivity contribution in [1.82, 2.24) is 15.5 Å². The van der Waals surface area contributed by atoms with Gasteiger partial charge in [0.15, 0.2) is 0 Å². The molecule has 0 saturated carbocycles. The third-order valence-electron chi connectivity index (χ3n) is 2.42. The number of primary amides is 1. The molecule has 1 aromatic carbocycles. The molecule has 0 aliphatic heterocycles. The number of carbonyl (C=O) groups is 2. The van der Waals surface area contributed by atoms with E-state index in [0.717, 1.165) is 5.56 Å². The number of hydrogen-bond donors (Lipinski definition) is 3. The Morgan fingerprint density at radius 1 is 1.33 bits per heavy atom. The summed E-state index contributed by atoms with van der Waals surface area (Å²) in [7, 11) is 0. The van der Waals surface area contributed by atoms with E-state index < -0.39 is 5.91 Å². The summed E-state index contributed by atoms with van der Waals surface area (Å²) in [5.41, 5.74) is 6.87. The Kier molecular flexibility index (Phi) is 3.38. The van der Waals surface area contributed by atoms with Crippen LogP contribution in [0.4, 0.5) is 0 Å². The van der Waals surface area contributed by atoms with Gasteiger partial charge < -0.3 is 11.1 Å². The van der Waals surface area contributed by atoms with Gasteiger partial charge in [-0.3, -0.25) is 14.7 Å². The first-order valence-electron chi connectivity index (χ1n) is 5.32. The summed E-state index contributed by atoms with van der Waals surface area (Å²) in [4.78, 5) is 22.6. The van der Waals surface area contributed by atoms with Gasteiger partial charge in [0.2, 0.25) is 5.91 Å². The minimum absolute atomic E-state index is 0.228. The maximum absolute atomic E-state index is 11.6. The Hall–Kier alpha value is -2.63. The van der Waals surface area contributed by atoms with Crippen molar-refractivity contribution < 1.29 is 9.59 Å². The summed E-state index contributed by atoms with van der Waals surface area (Å²) in [6.45, 7) is 0.325. The first-order valence-corrected chi connectivity index (χ1v) is 5.32. The number of benzene rings is 1. The molecule has 0 spiro atoms. The quantitative estimate of drug-likeness (QED) is 0.727. The fraction of sp³-hybridized carbons (Fsp3) is 0.0833. The van der Waals surface area contributed by atoms with E-state index in [9.17, 15) is 9.59 Å². The van der Waals surface area contributed by atoms with Crippen molar-refractivity contribution in [3.8, 4) is 0 Å². The highest BCUT2D eigenvalue weighted by molar-refractivity contribution is 5.94. The largest absolute Gasteiger partial charge is 0.366 e. The molecule has 0 atom stereocenters. The van der Waals surface area contributed by atoms with Crippen molar-refractivity contribution in [2.24, 2.45) is 5.73 Å². The summed E-state index contributed by atoms with van der Waals surface area (Å²) < 4.78 is 0. The number of nitrogens with one attached hydrogen (secondary N) is 2. The highest BCUT2D eigenvalue weighted by atomic mass is 16.2. The molecule has 0 aliphatic rings. The molecule has 4 N–H and O–H groups in total. The van der Waals surface area contributed by atoms with Gasteiger partial charge in [-0.05, 0) is 17.7 Å². The minimum Gasteiger partial charge on any atom is -0.366 e. The lowest BCUT2D eigenvalue weighted by Crippen LogP contribution is -2.22. The molecule has 0 unspecified atom stereocenters. The molecule has 18 heavy (non-hydrogen) atoms. The van der Waals surface area contributed by atoms with Crippen molar-refractivity contribution in [1.29, 1.82) is 0 Å². The first-order chi connectivity index (χ1) is 8.66. The van der Waals surface area contributed by atoms with E-state index in [0.29, 0.717) is 17.7 Å². The van der Waals surface area contributed by atoms with Gasteiger partial charge in [-0.1, -0.05) is 12.1 Å². The van der Waals surface area contributed by atoms with E-state index in [4.69, 9.17) is 5.73 Å². The van der Waals surface area contributed by atoms with Crippen LogP contribution in [-0.2, 0) is 6.54 Å². The van der Waals surface area contributed by atoms with Crippen molar-refractivity contribution >= 4 is 11.8 Å². The summed E-state index contributed by atoms with van der Waals surface area (Å²) in [5.74, 6) is -0.716. The fourth-order valence-electron chi connectivity index (χ4n) is 1.49. The molecule has 2 amide bonds. The van der Waals surface area contributed by atoms with Crippen LogP contribution >= 0.6 is 0 Å². The van der Waals surface area contributed by atoms with Crippen LogP contribution in [0.2, 0.25) is 0 Å². The number of aromatic amines is 1. The number of hydrogen-bond acceptors (Lipinski definition) is 3. The zero-order valence-electron chi connectivity index (χ0n) is 9.51. The standard InChI is InChI=1S/C12H12N4O2/c13-11(17)9-3-1-2-8(4-9)5-14-12(18)10-6-15-16-7-10/h1-4,6-7H,5H2,(H2,13,17)(H,14,18)(H,15,16). The van der Waals surface area contributed by atoms with Gasteiger partial charge in [0.25, 0.3) is 5.91 Å². The Bertz CT molecular complexity index is 563. The van der Waals surface area contributed by atoms with E-state index in [2.05, 4.69) is 15.5 Å². The molecular formula is C12H12N4O2. The van der Waals surface area contributed by atoms with Crippen molar-refractivity contribution in [3.05, 3.63) is 53.3 Å². The number of amides is 2. The predicted molar refractivity (Wildman–Crippen MR) is 64.7 cm³/mol. The average molecular weight is 244 g/mol. The molecule has 92 valence electrons. The lowest BCUT2D eigenvalue weighted by Gasteiger charge is -2.04. The Balaban J connectivity index is 2.00. The molecule has 2 rings (SSSR count). The van der Waals surface area contributed by atoms with Crippen LogP contribution in [0.1, 0.15) is 26.3 Å². The van der Waals surface area contributed by atoms with Crippen molar-refractivity contribution in [2.75, 3.05) is 0 Å². The van der Waals surface area contributed by atoms with Crippen LogP contribution in [0.3, 0.4) is 0 Å².